The van der Waals surface area contributed by atoms with Gasteiger partial charge in [-0.05, 0) is 38.4 Å². The summed E-state index contributed by atoms with van der Waals surface area (Å²) < 4.78 is 0. The Hall–Kier alpha value is -0.440. The second-order valence-corrected chi connectivity index (χ2v) is 4.31. The van der Waals surface area contributed by atoms with Crippen LogP contribution in [0.25, 0.3) is 0 Å². The molecule has 3 heteroatoms. The Morgan fingerprint density at radius 3 is 2.67 bits per heavy atom. The molecule has 0 fully saturated rings. The quantitative estimate of drug-likeness (QED) is 0.665. The average Bonchev–Trinajstić information content (AvgIpc) is 2.00. The Labute approximate surface area is 78.8 Å². The smallest absolute Gasteiger partial charge is 0.243 e. The van der Waals surface area contributed by atoms with E-state index in [1.165, 1.54) is 6.08 Å². The number of amides is 1. The van der Waals surface area contributed by atoms with Gasteiger partial charge in [-0.25, -0.2) is 0 Å². The lowest BCUT2D eigenvalue weighted by Crippen LogP contribution is -2.42. The first-order valence-corrected chi connectivity index (χ1v) is 5.35. The Morgan fingerprint density at radius 1 is 1.67 bits per heavy atom. The van der Waals surface area contributed by atoms with Gasteiger partial charge in [0.25, 0.3) is 0 Å². The van der Waals surface area contributed by atoms with Gasteiger partial charge in [0.05, 0.1) is 0 Å². The molecule has 0 saturated carbocycles. The topological polar surface area (TPSA) is 29.1 Å². The third-order valence-corrected chi connectivity index (χ3v) is 2.19. The number of hydrogen-bond donors (Lipinski definition) is 1. The molecule has 1 amide bonds. The van der Waals surface area contributed by atoms with Crippen LogP contribution in [0.5, 0.6) is 0 Å². The third kappa shape index (κ3) is 5.24. The monoisotopic (exact) mass is 187 g/mol. The van der Waals surface area contributed by atoms with E-state index in [1.807, 2.05) is 13.8 Å². The van der Waals surface area contributed by atoms with Crippen LogP contribution in [0.3, 0.4) is 0 Å². The molecule has 0 aliphatic carbocycles. The number of hydrogen-bond acceptors (Lipinski definition) is 2. The Morgan fingerprint density at radius 2 is 2.25 bits per heavy atom. The first-order chi connectivity index (χ1) is 5.52. The van der Waals surface area contributed by atoms with E-state index < -0.39 is 0 Å². The summed E-state index contributed by atoms with van der Waals surface area (Å²) in [6.45, 7) is 7.44. The molecule has 0 spiro atoms. The fraction of sp³-hybridized carbons (Fsp3) is 0.667. The summed E-state index contributed by atoms with van der Waals surface area (Å²) >= 11 is 1.79. The van der Waals surface area contributed by atoms with Gasteiger partial charge in [0, 0.05) is 5.54 Å². The van der Waals surface area contributed by atoms with Crippen LogP contribution in [0, 0.1) is 0 Å². The maximum Gasteiger partial charge on any atom is 0.243 e. The molecule has 0 saturated heterocycles. The molecule has 0 unspecified atom stereocenters. The molecule has 1 N–H and O–H groups in total. The predicted molar refractivity (Wildman–Crippen MR) is 55.4 cm³/mol. The third-order valence-electron chi connectivity index (χ3n) is 1.58. The minimum atomic E-state index is -0.117. The summed E-state index contributed by atoms with van der Waals surface area (Å²) in [5.41, 5.74) is -0.117. The number of thioether (sulfide) groups is 1. The molecule has 0 rings (SSSR count). The summed E-state index contributed by atoms with van der Waals surface area (Å²) in [5, 5.41) is 2.87. The Kier molecular flexibility index (Phi) is 5.06. The van der Waals surface area contributed by atoms with Crippen LogP contribution in [0.1, 0.15) is 20.3 Å². The van der Waals surface area contributed by atoms with E-state index in [1.54, 1.807) is 11.8 Å². The molecule has 0 aromatic carbocycles. The molecule has 12 heavy (non-hydrogen) atoms. The minimum absolute atomic E-state index is 0.0962. The van der Waals surface area contributed by atoms with Crippen molar-refractivity contribution in [2.24, 2.45) is 0 Å². The molecule has 2 nitrogen and oxygen atoms in total. The van der Waals surface area contributed by atoms with E-state index in [-0.39, 0.29) is 11.4 Å². The van der Waals surface area contributed by atoms with Crippen LogP contribution in [-0.2, 0) is 4.79 Å². The molecule has 0 aromatic rings. The molecule has 0 aliphatic rings. The van der Waals surface area contributed by atoms with Gasteiger partial charge < -0.3 is 5.32 Å². The van der Waals surface area contributed by atoms with Gasteiger partial charge in [-0.3, -0.25) is 4.79 Å². The van der Waals surface area contributed by atoms with Crippen molar-refractivity contribution in [2.75, 3.05) is 12.0 Å². The average molecular weight is 187 g/mol. The number of carbonyl (C=O) groups is 1. The lowest BCUT2D eigenvalue weighted by molar-refractivity contribution is -0.118. The van der Waals surface area contributed by atoms with Gasteiger partial charge in [-0.15, -0.1) is 0 Å². The summed E-state index contributed by atoms with van der Waals surface area (Å²) in [7, 11) is 0. The molecule has 0 atom stereocenters. The second-order valence-electron chi connectivity index (χ2n) is 3.32. The van der Waals surface area contributed by atoms with E-state index in [0.717, 1.165) is 12.2 Å². The summed E-state index contributed by atoms with van der Waals surface area (Å²) in [6, 6.07) is 0. The maximum atomic E-state index is 11.0. The Balaban J connectivity index is 3.85. The Bertz CT molecular complexity index is 166. The van der Waals surface area contributed by atoms with Crippen molar-refractivity contribution in [1.29, 1.82) is 0 Å². The molecule has 0 radical (unpaired) electrons. The van der Waals surface area contributed by atoms with Gasteiger partial charge in [-0.2, -0.15) is 11.8 Å². The van der Waals surface area contributed by atoms with Crippen molar-refractivity contribution >= 4 is 17.7 Å². The number of rotatable bonds is 5. The van der Waals surface area contributed by atoms with Gasteiger partial charge in [0.15, 0.2) is 0 Å². The molecular formula is C9H17NOS. The van der Waals surface area contributed by atoms with Crippen molar-refractivity contribution in [3.63, 3.8) is 0 Å². The van der Waals surface area contributed by atoms with Crippen LogP contribution in [-0.4, -0.2) is 23.5 Å². The van der Waals surface area contributed by atoms with Crippen LogP contribution in [0.4, 0.5) is 0 Å². The molecule has 70 valence electrons. The molecular weight excluding hydrogens is 170 g/mol. The zero-order chi connectivity index (χ0) is 9.61. The van der Waals surface area contributed by atoms with Crippen LogP contribution >= 0.6 is 11.8 Å². The lowest BCUT2D eigenvalue weighted by Gasteiger charge is -2.25. The highest BCUT2D eigenvalue weighted by Crippen LogP contribution is 2.11. The van der Waals surface area contributed by atoms with Crippen LogP contribution < -0.4 is 5.32 Å². The van der Waals surface area contributed by atoms with E-state index in [9.17, 15) is 4.79 Å². The molecule has 0 aromatic heterocycles. The van der Waals surface area contributed by atoms with Crippen molar-refractivity contribution in [3.8, 4) is 0 Å². The fourth-order valence-electron chi connectivity index (χ4n) is 0.804. The second kappa shape index (κ2) is 5.25. The van der Waals surface area contributed by atoms with E-state index in [4.69, 9.17) is 0 Å². The minimum Gasteiger partial charge on any atom is -0.348 e. The van der Waals surface area contributed by atoms with Crippen molar-refractivity contribution in [2.45, 2.75) is 25.8 Å². The lowest BCUT2D eigenvalue weighted by atomic mass is 10.0. The maximum absolute atomic E-state index is 11.0. The summed E-state index contributed by atoms with van der Waals surface area (Å²) in [5.74, 6) is 0.964. The number of carbonyl (C=O) groups excluding carboxylic acids is 1. The molecule has 0 bridgehead atoms. The van der Waals surface area contributed by atoms with E-state index >= 15 is 0 Å². The van der Waals surface area contributed by atoms with E-state index in [2.05, 4.69) is 18.2 Å². The molecule has 0 heterocycles. The van der Waals surface area contributed by atoms with E-state index in [0.29, 0.717) is 0 Å². The normalized spacial score (nSPS) is 10.9. The summed E-state index contributed by atoms with van der Waals surface area (Å²) in [6.07, 6.45) is 4.35. The van der Waals surface area contributed by atoms with Crippen molar-refractivity contribution in [3.05, 3.63) is 12.7 Å². The standard InChI is InChI=1S/C9H17NOS/c1-5-8(11)10-9(2,3)6-7-12-4/h5H,1,6-7H2,2-4H3,(H,10,11). The van der Waals surface area contributed by atoms with Crippen molar-refractivity contribution in [1.82, 2.24) is 5.32 Å². The predicted octanol–water partition coefficient (Wildman–Crippen LogP) is 1.82. The zero-order valence-corrected chi connectivity index (χ0v) is 8.83. The van der Waals surface area contributed by atoms with Crippen LogP contribution in [0.15, 0.2) is 12.7 Å². The highest BCUT2D eigenvalue weighted by molar-refractivity contribution is 7.98. The first kappa shape index (κ1) is 11.6. The highest BCUT2D eigenvalue weighted by atomic mass is 32.2. The first-order valence-electron chi connectivity index (χ1n) is 3.95. The van der Waals surface area contributed by atoms with Gasteiger partial charge in [-0.1, -0.05) is 6.58 Å². The van der Waals surface area contributed by atoms with Gasteiger partial charge >= 0.3 is 0 Å². The number of nitrogens with one attached hydrogen (secondary N) is 1. The highest BCUT2D eigenvalue weighted by Gasteiger charge is 2.17. The molecule has 0 aliphatic heterocycles. The fourth-order valence-corrected chi connectivity index (χ4v) is 1.52. The van der Waals surface area contributed by atoms with Crippen molar-refractivity contribution < 1.29 is 4.79 Å². The largest absolute Gasteiger partial charge is 0.348 e. The van der Waals surface area contributed by atoms with Crippen LogP contribution in [0.2, 0.25) is 0 Å². The SMILES string of the molecule is C=CC(=O)NC(C)(C)CCSC. The van der Waals surface area contributed by atoms with Gasteiger partial charge in [0.2, 0.25) is 5.91 Å². The van der Waals surface area contributed by atoms with Gasteiger partial charge in [0.1, 0.15) is 0 Å². The zero-order valence-electron chi connectivity index (χ0n) is 8.02. The summed E-state index contributed by atoms with van der Waals surface area (Å²) in [4.78, 5) is 11.0.